The number of hydrogen-bond donors (Lipinski definition) is 2. The summed E-state index contributed by atoms with van der Waals surface area (Å²) in [5.41, 5.74) is 1.19. The first-order valence-corrected chi connectivity index (χ1v) is 9.42. The third kappa shape index (κ3) is 6.43. The van der Waals surface area contributed by atoms with Crippen LogP contribution in [0.5, 0.6) is 5.75 Å². The molecule has 6 heteroatoms. The first-order chi connectivity index (χ1) is 11.3. The molecule has 1 saturated heterocycles. The summed E-state index contributed by atoms with van der Waals surface area (Å²) in [5.74, 6) is 0.329. The molecule has 0 bridgehead atoms. The Hall–Kier alpha value is -1.21. The van der Waals surface area contributed by atoms with E-state index in [0.29, 0.717) is 5.75 Å². The number of nitrogens with zero attached hydrogens (tertiary/aromatic N) is 2. The monoisotopic (exact) mass is 354 g/mol. The van der Waals surface area contributed by atoms with Crippen LogP contribution in [0.4, 0.5) is 5.69 Å². The molecule has 4 nitrogen and oxygen atoms in total. The summed E-state index contributed by atoms with van der Waals surface area (Å²) in [5, 5.41) is 18.4. The maximum Gasteiger partial charge on any atom is 0.115 e. The zero-order chi connectivity index (χ0) is 17.1. The van der Waals surface area contributed by atoms with Crippen LogP contribution in [0.3, 0.4) is 0 Å². The molecule has 128 valence electrons. The quantitative estimate of drug-likeness (QED) is 0.818. The van der Waals surface area contributed by atoms with E-state index in [9.17, 15) is 5.11 Å². The minimum absolute atomic E-state index is 0.329. The molecule has 0 atom stereocenters. The molecule has 3 rings (SSSR count). The molecule has 2 N–H and O–H groups in total. The second-order valence-electron chi connectivity index (χ2n) is 4.46. The van der Waals surface area contributed by atoms with Gasteiger partial charge in [0.1, 0.15) is 5.75 Å². The third-order valence-electron chi connectivity index (χ3n) is 3.17. The average Bonchev–Trinajstić information content (AvgIpc) is 3.13. The number of hydrogen-bond acceptors (Lipinski definition) is 6. The Morgan fingerprint density at radius 1 is 0.957 bits per heavy atom. The lowest BCUT2D eigenvalue weighted by Crippen LogP contribution is -2.43. The van der Waals surface area contributed by atoms with Gasteiger partial charge in [-0.2, -0.15) is 0 Å². The van der Waals surface area contributed by atoms with Crippen LogP contribution in [0.15, 0.2) is 46.0 Å². The van der Waals surface area contributed by atoms with Crippen LogP contribution in [0.25, 0.3) is 0 Å². The van der Waals surface area contributed by atoms with Crippen LogP contribution in [-0.2, 0) is 0 Å². The Bertz CT molecular complexity index is 510. The number of anilines is 1. The number of aliphatic hydroxyl groups excluding tert-OH is 1. The number of aliphatic hydroxyl groups is 1. The van der Waals surface area contributed by atoms with Crippen LogP contribution in [0.2, 0.25) is 0 Å². The maximum absolute atomic E-state index is 9.31. The average molecular weight is 355 g/mol. The van der Waals surface area contributed by atoms with E-state index in [-0.39, 0.29) is 0 Å². The second-order valence-corrected chi connectivity index (χ2v) is 6.80. The van der Waals surface area contributed by atoms with Crippen molar-refractivity contribution in [1.82, 2.24) is 4.31 Å². The highest BCUT2D eigenvalue weighted by atomic mass is 32.2. The Morgan fingerprint density at radius 3 is 2.09 bits per heavy atom. The molecule has 0 saturated carbocycles. The smallest absolute Gasteiger partial charge is 0.115 e. The summed E-state index contributed by atoms with van der Waals surface area (Å²) in [6, 6.07) is 11.7. The van der Waals surface area contributed by atoms with E-state index in [2.05, 4.69) is 26.7 Å². The number of phenolic OH excluding ortho intramolecular Hbond substituents is 1. The summed E-state index contributed by atoms with van der Waals surface area (Å²) < 4.78 is 3.78. The van der Waals surface area contributed by atoms with Crippen molar-refractivity contribution in [3.05, 3.63) is 41.8 Å². The minimum atomic E-state index is 0.329. The van der Waals surface area contributed by atoms with Crippen molar-refractivity contribution in [2.24, 2.45) is 0 Å². The van der Waals surface area contributed by atoms with Crippen molar-refractivity contribution in [2.75, 3.05) is 38.2 Å². The molecule has 23 heavy (non-hydrogen) atoms. The van der Waals surface area contributed by atoms with Gasteiger partial charge >= 0.3 is 0 Å². The Labute approximate surface area is 147 Å². The molecule has 0 radical (unpaired) electrons. The first kappa shape index (κ1) is 19.8. The van der Waals surface area contributed by atoms with Gasteiger partial charge in [0.2, 0.25) is 0 Å². The van der Waals surface area contributed by atoms with Gasteiger partial charge in [-0.05, 0) is 47.7 Å². The van der Waals surface area contributed by atoms with Crippen LogP contribution >= 0.6 is 23.3 Å². The zero-order valence-corrected chi connectivity index (χ0v) is 15.6. The van der Waals surface area contributed by atoms with Crippen molar-refractivity contribution in [1.29, 1.82) is 0 Å². The van der Waals surface area contributed by atoms with Gasteiger partial charge in [0.15, 0.2) is 0 Å². The van der Waals surface area contributed by atoms with Crippen molar-refractivity contribution in [3.8, 4) is 5.75 Å². The molecular formula is C17H26N2O2S2. The van der Waals surface area contributed by atoms with Crippen molar-refractivity contribution < 1.29 is 10.2 Å². The molecule has 0 unspecified atom stereocenters. The lowest BCUT2D eigenvalue weighted by atomic mass is 10.2. The molecule has 0 aliphatic carbocycles. The lowest BCUT2D eigenvalue weighted by Gasteiger charge is -2.35. The van der Waals surface area contributed by atoms with Crippen LogP contribution < -0.4 is 4.90 Å². The fourth-order valence-electron chi connectivity index (χ4n) is 2.14. The van der Waals surface area contributed by atoms with E-state index in [0.717, 1.165) is 33.3 Å². The topological polar surface area (TPSA) is 46.9 Å². The van der Waals surface area contributed by atoms with Gasteiger partial charge in [-0.3, -0.25) is 0 Å². The molecule has 2 heterocycles. The van der Waals surface area contributed by atoms with Crippen molar-refractivity contribution >= 4 is 29.0 Å². The summed E-state index contributed by atoms with van der Waals surface area (Å²) in [7, 11) is 1.00. The number of rotatable bonds is 3. The van der Waals surface area contributed by atoms with Gasteiger partial charge in [0.05, 0.1) is 4.21 Å². The number of piperazine rings is 1. The largest absolute Gasteiger partial charge is 0.508 e. The summed E-state index contributed by atoms with van der Waals surface area (Å²) in [4.78, 5) is 2.37. The van der Waals surface area contributed by atoms with Crippen LogP contribution in [0.1, 0.15) is 13.8 Å². The van der Waals surface area contributed by atoms with E-state index < -0.39 is 0 Å². The Kier molecular flexibility index (Phi) is 9.78. The second kappa shape index (κ2) is 11.3. The molecule has 0 spiro atoms. The standard InChI is InChI=1S/C14H16N2OS2.C2H6.CH4O/c17-13-5-3-12(4-6-13)15-7-9-16(10-8-15)19-14-2-1-11-18-14;2*1-2/h1-6,11,17H,7-10H2;1-2H3;2H,1H3. The highest BCUT2D eigenvalue weighted by molar-refractivity contribution is 7.98. The molecule has 1 fully saturated rings. The molecule has 1 aliphatic heterocycles. The summed E-state index contributed by atoms with van der Waals surface area (Å²) in [6.07, 6.45) is 0. The number of thiophene rings is 1. The molecule has 2 aromatic rings. The predicted molar refractivity (Wildman–Crippen MR) is 102 cm³/mol. The fourth-order valence-corrected chi connectivity index (χ4v) is 3.99. The SMILES string of the molecule is CC.CO.Oc1ccc(N2CCN(Sc3cccs3)CC2)cc1. The van der Waals surface area contributed by atoms with E-state index in [1.807, 2.05) is 37.9 Å². The zero-order valence-electron chi connectivity index (χ0n) is 14.0. The first-order valence-electron chi connectivity index (χ1n) is 7.76. The van der Waals surface area contributed by atoms with Gasteiger partial charge in [-0.1, -0.05) is 19.9 Å². The molecule has 0 amide bonds. The van der Waals surface area contributed by atoms with Gasteiger partial charge in [0, 0.05) is 39.0 Å². The van der Waals surface area contributed by atoms with Gasteiger partial charge in [-0.25, -0.2) is 4.31 Å². The van der Waals surface area contributed by atoms with Crippen LogP contribution in [-0.4, -0.2) is 47.8 Å². The lowest BCUT2D eigenvalue weighted by molar-refractivity contribution is 0.399. The van der Waals surface area contributed by atoms with Gasteiger partial charge in [-0.15, -0.1) is 11.3 Å². The Morgan fingerprint density at radius 2 is 1.57 bits per heavy atom. The third-order valence-corrected chi connectivity index (χ3v) is 5.28. The normalized spacial score (nSPS) is 14.3. The highest BCUT2D eigenvalue weighted by Gasteiger charge is 2.18. The fraction of sp³-hybridized carbons (Fsp3) is 0.412. The molecule has 1 aromatic carbocycles. The summed E-state index contributed by atoms with van der Waals surface area (Å²) in [6.45, 7) is 8.18. The summed E-state index contributed by atoms with van der Waals surface area (Å²) >= 11 is 3.65. The molecule has 1 aromatic heterocycles. The van der Waals surface area contributed by atoms with Gasteiger partial charge < -0.3 is 15.1 Å². The highest BCUT2D eigenvalue weighted by Crippen LogP contribution is 2.29. The van der Waals surface area contributed by atoms with E-state index >= 15 is 0 Å². The molecular weight excluding hydrogens is 328 g/mol. The maximum atomic E-state index is 9.31. The number of benzene rings is 1. The van der Waals surface area contributed by atoms with Crippen molar-refractivity contribution in [3.63, 3.8) is 0 Å². The van der Waals surface area contributed by atoms with E-state index in [1.165, 1.54) is 9.90 Å². The predicted octanol–water partition coefficient (Wildman–Crippen LogP) is 3.92. The minimum Gasteiger partial charge on any atom is -0.508 e. The van der Waals surface area contributed by atoms with Crippen LogP contribution in [0, 0.1) is 0 Å². The number of phenols is 1. The molecule has 1 aliphatic rings. The van der Waals surface area contributed by atoms with Crippen molar-refractivity contribution in [2.45, 2.75) is 18.1 Å². The number of aromatic hydroxyl groups is 1. The van der Waals surface area contributed by atoms with Gasteiger partial charge in [0.25, 0.3) is 0 Å². The Balaban J connectivity index is 0.000000615. The van der Waals surface area contributed by atoms with E-state index in [1.54, 1.807) is 23.5 Å². The van der Waals surface area contributed by atoms with E-state index in [4.69, 9.17) is 5.11 Å².